The third-order valence-corrected chi connectivity index (χ3v) is 5.54. The van der Waals surface area contributed by atoms with Gasteiger partial charge in [-0.15, -0.1) is 5.10 Å². The number of aromatic nitrogens is 3. The molecule has 1 N–H and O–H groups in total. The molecular formula is C9H15BrN4O2S. The Morgan fingerprint density at radius 1 is 1.59 bits per heavy atom. The molecule has 0 aliphatic heterocycles. The van der Waals surface area contributed by atoms with E-state index in [-0.39, 0.29) is 15.0 Å². The molecule has 2 rings (SSSR count). The lowest BCUT2D eigenvalue weighted by atomic mass is 10.1. The molecule has 1 aliphatic rings. The van der Waals surface area contributed by atoms with Gasteiger partial charge in [0.2, 0.25) is 5.03 Å². The molecule has 0 radical (unpaired) electrons. The maximum absolute atomic E-state index is 12.0. The predicted octanol–water partition coefficient (Wildman–Crippen LogP) is 0.902. The van der Waals surface area contributed by atoms with Crippen LogP contribution in [0.3, 0.4) is 0 Å². The van der Waals surface area contributed by atoms with E-state index < -0.39 is 10.0 Å². The maximum atomic E-state index is 12.0. The van der Waals surface area contributed by atoms with Crippen molar-refractivity contribution in [1.82, 2.24) is 19.7 Å². The van der Waals surface area contributed by atoms with Crippen LogP contribution in [0.1, 0.15) is 20.3 Å². The molecule has 1 aromatic heterocycles. The van der Waals surface area contributed by atoms with Crippen molar-refractivity contribution in [1.29, 1.82) is 0 Å². The summed E-state index contributed by atoms with van der Waals surface area (Å²) in [5.74, 6) is 0.414. The number of rotatable bonds is 4. The Morgan fingerprint density at radius 3 is 2.59 bits per heavy atom. The summed E-state index contributed by atoms with van der Waals surface area (Å²) in [6.45, 7) is 4.73. The van der Waals surface area contributed by atoms with Crippen molar-refractivity contribution in [3.05, 3.63) is 4.60 Å². The Labute approximate surface area is 109 Å². The zero-order chi connectivity index (χ0) is 12.8. The fourth-order valence-corrected chi connectivity index (χ4v) is 3.98. The van der Waals surface area contributed by atoms with Crippen molar-refractivity contribution in [3.63, 3.8) is 0 Å². The van der Waals surface area contributed by atoms with Gasteiger partial charge in [-0.3, -0.25) is 0 Å². The molecule has 6 nitrogen and oxygen atoms in total. The van der Waals surface area contributed by atoms with Crippen LogP contribution in [0.25, 0.3) is 0 Å². The number of hydrogen-bond donors (Lipinski definition) is 1. The average molecular weight is 323 g/mol. The standard InChI is InChI=1S/C9H15BrN4O2S/c1-9(2)4-6(9)5-11-17(15,16)8-7(10)12-13-14(8)3/h6,11H,4-5H2,1-3H3. The van der Waals surface area contributed by atoms with E-state index in [9.17, 15) is 8.42 Å². The van der Waals surface area contributed by atoms with Gasteiger partial charge in [0, 0.05) is 13.6 Å². The van der Waals surface area contributed by atoms with Gasteiger partial charge >= 0.3 is 0 Å². The second-order valence-corrected chi connectivity index (χ2v) is 7.48. The van der Waals surface area contributed by atoms with E-state index in [0.29, 0.717) is 12.5 Å². The molecule has 0 saturated heterocycles. The van der Waals surface area contributed by atoms with Gasteiger partial charge in [0.1, 0.15) is 0 Å². The lowest BCUT2D eigenvalue weighted by molar-refractivity contribution is 0.530. The SMILES string of the molecule is Cn1nnc(Br)c1S(=O)(=O)NCC1CC1(C)C. The van der Waals surface area contributed by atoms with Crippen molar-refractivity contribution in [2.75, 3.05) is 6.54 Å². The molecule has 8 heteroatoms. The first kappa shape index (κ1) is 13.0. The summed E-state index contributed by atoms with van der Waals surface area (Å²) in [5.41, 5.74) is 0.254. The molecular weight excluding hydrogens is 308 g/mol. The minimum atomic E-state index is -3.54. The van der Waals surface area contributed by atoms with Crippen molar-refractivity contribution in [2.24, 2.45) is 18.4 Å². The zero-order valence-electron chi connectivity index (χ0n) is 9.94. The smallest absolute Gasteiger partial charge is 0.235 e. The summed E-state index contributed by atoms with van der Waals surface area (Å²) in [4.78, 5) is 0. The van der Waals surface area contributed by atoms with E-state index >= 15 is 0 Å². The predicted molar refractivity (Wildman–Crippen MR) is 65.8 cm³/mol. The van der Waals surface area contributed by atoms with E-state index in [0.717, 1.165) is 6.42 Å². The number of sulfonamides is 1. The van der Waals surface area contributed by atoms with Crippen LogP contribution in [0.2, 0.25) is 0 Å². The summed E-state index contributed by atoms with van der Waals surface area (Å²) in [6, 6.07) is 0. The first-order valence-electron chi connectivity index (χ1n) is 5.29. The molecule has 17 heavy (non-hydrogen) atoms. The molecule has 1 saturated carbocycles. The van der Waals surface area contributed by atoms with Crippen LogP contribution in [0.15, 0.2) is 9.63 Å². The molecule has 0 bridgehead atoms. The summed E-state index contributed by atoms with van der Waals surface area (Å²) in [6.07, 6.45) is 1.06. The van der Waals surface area contributed by atoms with E-state index in [1.165, 1.54) is 4.68 Å². The van der Waals surface area contributed by atoms with Crippen molar-refractivity contribution < 1.29 is 8.42 Å². The number of aryl methyl sites for hydroxylation is 1. The highest BCUT2D eigenvalue weighted by molar-refractivity contribution is 9.10. The fourth-order valence-electron chi connectivity index (χ4n) is 1.81. The van der Waals surface area contributed by atoms with Crippen LogP contribution in [0, 0.1) is 11.3 Å². The Bertz CT molecular complexity index is 518. The van der Waals surface area contributed by atoms with Gasteiger partial charge in [-0.25, -0.2) is 17.8 Å². The van der Waals surface area contributed by atoms with Gasteiger partial charge in [-0.05, 0) is 33.7 Å². The minimum Gasteiger partial charge on any atom is -0.235 e. The molecule has 1 aromatic rings. The van der Waals surface area contributed by atoms with Gasteiger partial charge in [-0.1, -0.05) is 19.1 Å². The van der Waals surface area contributed by atoms with Gasteiger partial charge in [-0.2, -0.15) is 0 Å². The van der Waals surface area contributed by atoms with E-state index in [1.54, 1.807) is 7.05 Å². The van der Waals surface area contributed by atoms with E-state index in [1.807, 2.05) is 0 Å². The van der Waals surface area contributed by atoms with Crippen LogP contribution < -0.4 is 4.72 Å². The zero-order valence-corrected chi connectivity index (χ0v) is 12.3. The molecule has 0 aromatic carbocycles. The van der Waals surface area contributed by atoms with Crippen molar-refractivity contribution >= 4 is 26.0 Å². The summed E-state index contributed by atoms with van der Waals surface area (Å²) in [7, 11) is -1.99. The van der Waals surface area contributed by atoms with Gasteiger partial charge in [0.25, 0.3) is 10.0 Å². The van der Waals surface area contributed by atoms with E-state index in [2.05, 4.69) is 44.8 Å². The van der Waals surface area contributed by atoms with Crippen LogP contribution in [0.4, 0.5) is 0 Å². The largest absolute Gasteiger partial charge is 0.260 e. The van der Waals surface area contributed by atoms with E-state index in [4.69, 9.17) is 0 Å². The summed E-state index contributed by atoms with van der Waals surface area (Å²) < 4.78 is 28.2. The lowest BCUT2D eigenvalue weighted by Crippen LogP contribution is -2.28. The molecule has 1 unspecified atom stereocenters. The highest BCUT2D eigenvalue weighted by Crippen LogP contribution is 2.51. The van der Waals surface area contributed by atoms with Crippen molar-refractivity contribution in [2.45, 2.75) is 25.3 Å². The average Bonchev–Trinajstić information content (AvgIpc) is 2.65. The van der Waals surface area contributed by atoms with Crippen LogP contribution in [-0.4, -0.2) is 30.0 Å². The monoisotopic (exact) mass is 322 g/mol. The van der Waals surface area contributed by atoms with Gasteiger partial charge < -0.3 is 0 Å². The number of nitrogens with one attached hydrogen (secondary N) is 1. The second-order valence-electron chi connectivity index (χ2n) is 5.05. The highest BCUT2D eigenvalue weighted by atomic mass is 79.9. The Hall–Kier alpha value is -0.470. The van der Waals surface area contributed by atoms with Crippen LogP contribution in [0.5, 0.6) is 0 Å². The fraction of sp³-hybridized carbons (Fsp3) is 0.778. The first-order valence-corrected chi connectivity index (χ1v) is 7.56. The number of nitrogens with zero attached hydrogens (tertiary/aromatic N) is 3. The van der Waals surface area contributed by atoms with Crippen LogP contribution in [-0.2, 0) is 17.1 Å². The maximum Gasteiger partial charge on any atom is 0.260 e. The summed E-state index contributed by atoms with van der Waals surface area (Å²) >= 11 is 3.08. The Morgan fingerprint density at radius 2 is 2.18 bits per heavy atom. The topological polar surface area (TPSA) is 76.9 Å². The molecule has 96 valence electrons. The number of hydrogen-bond acceptors (Lipinski definition) is 4. The molecule has 1 heterocycles. The normalized spacial score (nSPS) is 22.7. The number of halogens is 1. The molecule has 1 atom stereocenters. The summed E-state index contributed by atoms with van der Waals surface area (Å²) in [5, 5.41) is 7.38. The Kier molecular flexibility index (Phi) is 3.07. The van der Waals surface area contributed by atoms with Gasteiger partial charge in [0.15, 0.2) is 4.60 Å². The molecule has 1 aliphatic carbocycles. The Balaban J connectivity index is 2.10. The lowest BCUT2D eigenvalue weighted by Gasteiger charge is -2.07. The molecule has 0 spiro atoms. The molecule has 0 amide bonds. The third-order valence-electron chi connectivity index (χ3n) is 3.23. The van der Waals surface area contributed by atoms with Gasteiger partial charge in [0.05, 0.1) is 0 Å². The first-order chi connectivity index (χ1) is 7.74. The highest BCUT2D eigenvalue weighted by Gasteiger charge is 2.45. The quantitative estimate of drug-likeness (QED) is 0.893. The second kappa shape index (κ2) is 4.03. The minimum absolute atomic E-state index is 0.0657. The van der Waals surface area contributed by atoms with Crippen molar-refractivity contribution in [3.8, 4) is 0 Å². The third kappa shape index (κ3) is 2.53. The molecule has 1 fully saturated rings. The van der Waals surface area contributed by atoms with Crippen LogP contribution >= 0.6 is 15.9 Å².